The standard InChI is InChI=1S/C36H38N2O8/c1-21(23-9-7-6-8-10-23)19-28-31(30-22(2)32(41)37(34(30)43)24-11-15-26(39)16-12-24)35(44)38(33(28)42)25-13-17-27(18-14-25)45-20-29(40)46-36(3,4)5/h6-18,21-22,28,30-31,39H,19-20H2,1-5H3. The summed E-state index contributed by atoms with van der Waals surface area (Å²) in [6.07, 6.45) is 0.288. The van der Waals surface area contributed by atoms with E-state index in [2.05, 4.69) is 0 Å². The van der Waals surface area contributed by atoms with Crippen molar-refractivity contribution >= 4 is 41.0 Å². The first-order chi connectivity index (χ1) is 21.8. The monoisotopic (exact) mass is 626 g/mol. The summed E-state index contributed by atoms with van der Waals surface area (Å²) in [6, 6.07) is 21.5. The molecule has 46 heavy (non-hydrogen) atoms. The van der Waals surface area contributed by atoms with E-state index in [0.717, 1.165) is 15.4 Å². The molecule has 0 aromatic heterocycles. The molecule has 2 heterocycles. The molecule has 0 saturated carbocycles. The molecule has 3 aromatic rings. The van der Waals surface area contributed by atoms with Crippen molar-refractivity contribution < 1.29 is 38.6 Å². The minimum atomic E-state index is -1.07. The number of aromatic hydroxyl groups is 1. The van der Waals surface area contributed by atoms with Crippen molar-refractivity contribution in [3.63, 3.8) is 0 Å². The maximum Gasteiger partial charge on any atom is 0.344 e. The Hall–Kier alpha value is -4.99. The van der Waals surface area contributed by atoms with Gasteiger partial charge >= 0.3 is 5.97 Å². The van der Waals surface area contributed by atoms with Crippen molar-refractivity contribution in [1.29, 1.82) is 0 Å². The topological polar surface area (TPSA) is 131 Å². The average molecular weight is 627 g/mol. The highest BCUT2D eigenvalue weighted by molar-refractivity contribution is 6.27. The van der Waals surface area contributed by atoms with Crippen LogP contribution in [0.15, 0.2) is 78.9 Å². The Morgan fingerprint density at radius 1 is 0.783 bits per heavy atom. The van der Waals surface area contributed by atoms with Crippen LogP contribution in [-0.2, 0) is 28.7 Å². The Balaban J connectivity index is 1.44. The van der Waals surface area contributed by atoms with Gasteiger partial charge in [0, 0.05) is 5.92 Å². The van der Waals surface area contributed by atoms with Crippen molar-refractivity contribution in [3.8, 4) is 11.5 Å². The van der Waals surface area contributed by atoms with Crippen LogP contribution in [0.25, 0.3) is 0 Å². The number of hydrogen-bond donors (Lipinski definition) is 1. The molecule has 0 aliphatic carbocycles. The molecule has 5 rings (SSSR count). The molecule has 10 nitrogen and oxygen atoms in total. The van der Waals surface area contributed by atoms with Crippen LogP contribution < -0.4 is 14.5 Å². The Morgan fingerprint density at radius 2 is 1.33 bits per heavy atom. The van der Waals surface area contributed by atoms with Gasteiger partial charge in [-0.2, -0.15) is 0 Å². The number of esters is 1. The third-order valence-electron chi connectivity index (χ3n) is 8.47. The number of benzene rings is 3. The lowest BCUT2D eigenvalue weighted by Gasteiger charge is -2.24. The average Bonchev–Trinajstić information content (AvgIpc) is 3.38. The molecule has 0 radical (unpaired) electrons. The highest BCUT2D eigenvalue weighted by Crippen LogP contribution is 2.46. The molecule has 240 valence electrons. The van der Waals surface area contributed by atoms with E-state index in [0.29, 0.717) is 11.4 Å². The first-order valence-electron chi connectivity index (χ1n) is 15.3. The highest BCUT2D eigenvalue weighted by Gasteiger charge is 2.59. The zero-order chi connectivity index (χ0) is 33.3. The summed E-state index contributed by atoms with van der Waals surface area (Å²) in [7, 11) is 0. The zero-order valence-corrected chi connectivity index (χ0v) is 26.5. The summed E-state index contributed by atoms with van der Waals surface area (Å²) < 4.78 is 10.8. The van der Waals surface area contributed by atoms with Gasteiger partial charge in [0.05, 0.1) is 29.1 Å². The highest BCUT2D eigenvalue weighted by atomic mass is 16.6. The lowest BCUT2D eigenvalue weighted by atomic mass is 9.74. The van der Waals surface area contributed by atoms with Crippen LogP contribution in [0.3, 0.4) is 0 Å². The smallest absolute Gasteiger partial charge is 0.344 e. The van der Waals surface area contributed by atoms with Crippen LogP contribution in [0.4, 0.5) is 11.4 Å². The van der Waals surface area contributed by atoms with Crippen LogP contribution in [0, 0.1) is 23.7 Å². The summed E-state index contributed by atoms with van der Waals surface area (Å²) >= 11 is 0. The Bertz CT molecular complexity index is 1630. The van der Waals surface area contributed by atoms with E-state index < -0.39 is 58.9 Å². The van der Waals surface area contributed by atoms with Crippen LogP contribution >= 0.6 is 0 Å². The van der Waals surface area contributed by atoms with Gasteiger partial charge in [-0.15, -0.1) is 0 Å². The Kier molecular flexibility index (Phi) is 9.01. The van der Waals surface area contributed by atoms with Crippen LogP contribution in [0.1, 0.15) is 52.5 Å². The Labute approximate surface area is 267 Å². The molecular formula is C36H38N2O8. The number of ether oxygens (including phenoxy) is 2. The van der Waals surface area contributed by atoms with Gasteiger partial charge in [-0.1, -0.05) is 44.2 Å². The number of imide groups is 2. The Morgan fingerprint density at radius 3 is 1.91 bits per heavy atom. The second kappa shape index (κ2) is 12.8. The fraction of sp³-hybridized carbons (Fsp3) is 0.361. The largest absolute Gasteiger partial charge is 0.508 e. The van der Waals surface area contributed by atoms with Gasteiger partial charge in [-0.25, -0.2) is 4.79 Å². The van der Waals surface area contributed by atoms with Crippen molar-refractivity contribution in [2.75, 3.05) is 16.4 Å². The van der Waals surface area contributed by atoms with Crippen molar-refractivity contribution in [2.45, 2.75) is 52.6 Å². The third-order valence-corrected chi connectivity index (χ3v) is 8.47. The van der Waals surface area contributed by atoms with E-state index in [1.165, 1.54) is 24.3 Å². The molecule has 3 aromatic carbocycles. The predicted molar refractivity (Wildman–Crippen MR) is 170 cm³/mol. The number of carbonyl (C=O) groups is 5. The van der Waals surface area contributed by atoms with Gasteiger partial charge in [-0.3, -0.25) is 29.0 Å². The van der Waals surface area contributed by atoms with Gasteiger partial charge in [-0.05, 0) is 87.2 Å². The molecule has 2 aliphatic heterocycles. The summed E-state index contributed by atoms with van der Waals surface area (Å²) in [5, 5.41) is 9.73. The molecule has 1 N–H and O–H groups in total. The molecule has 5 atom stereocenters. The number of amides is 4. The van der Waals surface area contributed by atoms with Crippen LogP contribution in [0.5, 0.6) is 11.5 Å². The number of anilines is 2. The molecule has 4 amide bonds. The lowest BCUT2D eigenvalue weighted by molar-refractivity contribution is -0.157. The SMILES string of the molecule is CC(CC1C(=O)N(c2ccc(OCC(=O)OC(C)(C)C)cc2)C(=O)C1C1C(=O)N(c2ccc(O)cc2)C(=O)C1C)c1ccccc1. The van der Waals surface area contributed by atoms with Gasteiger partial charge < -0.3 is 14.6 Å². The van der Waals surface area contributed by atoms with E-state index in [-0.39, 0.29) is 30.4 Å². The van der Waals surface area contributed by atoms with E-state index >= 15 is 0 Å². The van der Waals surface area contributed by atoms with Crippen molar-refractivity contribution in [1.82, 2.24) is 0 Å². The first kappa shape index (κ1) is 32.4. The van der Waals surface area contributed by atoms with Crippen molar-refractivity contribution in [3.05, 3.63) is 84.4 Å². The molecule has 0 spiro atoms. The minimum absolute atomic E-state index is 0.0177. The molecule has 2 saturated heterocycles. The van der Waals surface area contributed by atoms with E-state index in [1.54, 1.807) is 52.0 Å². The first-order valence-corrected chi connectivity index (χ1v) is 15.3. The van der Waals surface area contributed by atoms with Crippen LogP contribution in [0.2, 0.25) is 0 Å². The van der Waals surface area contributed by atoms with Gasteiger partial charge in [0.15, 0.2) is 6.61 Å². The van der Waals surface area contributed by atoms with E-state index in [1.807, 2.05) is 37.3 Å². The normalized spacial score (nSPS) is 22.4. The second-order valence-electron chi connectivity index (χ2n) is 12.9. The number of nitrogens with zero attached hydrogens (tertiary/aromatic N) is 2. The summed E-state index contributed by atoms with van der Waals surface area (Å²) in [5.74, 6) is -6.22. The number of phenolic OH excluding ortho intramolecular Hbond substituents is 1. The minimum Gasteiger partial charge on any atom is -0.508 e. The van der Waals surface area contributed by atoms with E-state index in [4.69, 9.17) is 9.47 Å². The zero-order valence-electron chi connectivity index (χ0n) is 26.5. The number of phenols is 1. The molecule has 2 aliphatic rings. The number of rotatable bonds is 9. The molecule has 0 bridgehead atoms. The van der Waals surface area contributed by atoms with Gasteiger partial charge in [0.2, 0.25) is 23.6 Å². The predicted octanol–water partition coefficient (Wildman–Crippen LogP) is 5.24. The van der Waals surface area contributed by atoms with Crippen molar-refractivity contribution in [2.24, 2.45) is 23.7 Å². The number of hydrogen-bond acceptors (Lipinski definition) is 8. The van der Waals surface area contributed by atoms with E-state index in [9.17, 15) is 29.1 Å². The lowest BCUT2D eigenvalue weighted by Crippen LogP contribution is -2.37. The molecule has 5 unspecified atom stereocenters. The fourth-order valence-corrected chi connectivity index (χ4v) is 6.31. The maximum absolute atomic E-state index is 14.2. The summed E-state index contributed by atoms with van der Waals surface area (Å²) in [5.41, 5.74) is 0.903. The van der Waals surface area contributed by atoms with Crippen LogP contribution in [-0.4, -0.2) is 46.9 Å². The van der Waals surface area contributed by atoms with Gasteiger partial charge in [0.1, 0.15) is 17.1 Å². The summed E-state index contributed by atoms with van der Waals surface area (Å²) in [4.78, 5) is 70.0. The maximum atomic E-state index is 14.2. The van der Waals surface area contributed by atoms with Gasteiger partial charge in [0.25, 0.3) is 0 Å². The third kappa shape index (κ3) is 6.51. The quantitative estimate of drug-likeness (QED) is 0.252. The second-order valence-corrected chi connectivity index (χ2v) is 12.9. The summed E-state index contributed by atoms with van der Waals surface area (Å²) in [6.45, 7) is 8.54. The molecule has 10 heteroatoms. The number of carbonyl (C=O) groups excluding carboxylic acids is 5. The molecule has 2 fully saturated rings. The fourth-order valence-electron chi connectivity index (χ4n) is 6.31. The molecular weight excluding hydrogens is 588 g/mol.